The Morgan fingerprint density at radius 1 is 1.19 bits per heavy atom. The fraction of sp³-hybridized carbons (Fsp3) is 0.250. The van der Waals surface area contributed by atoms with E-state index in [1.165, 1.54) is 0 Å². The number of hydrogen-bond donors (Lipinski definition) is 1. The van der Waals surface area contributed by atoms with Crippen molar-refractivity contribution in [1.29, 1.82) is 0 Å². The summed E-state index contributed by atoms with van der Waals surface area (Å²) in [5, 5.41) is 2.04. The number of nitrogens with zero attached hydrogens (tertiary/aromatic N) is 2. The largest absolute Gasteiger partial charge is 0.382 e. The van der Waals surface area contributed by atoms with Gasteiger partial charge in [0.15, 0.2) is 5.82 Å². The lowest BCUT2D eigenvalue weighted by Gasteiger charge is -2.09. The van der Waals surface area contributed by atoms with E-state index in [0.717, 1.165) is 32.9 Å². The number of ether oxygens (including phenoxy) is 2. The van der Waals surface area contributed by atoms with Gasteiger partial charge in [-0.15, -0.1) is 0 Å². The van der Waals surface area contributed by atoms with E-state index in [0.29, 0.717) is 12.4 Å². The number of nitrogens with two attached hydrogens (primary N) is 1. The van der Waals surface area contributed by atoms with Crippen LogP contribution in [0.3, 0.4) is 0 Å². The summed E-state index contributed by atoms with van der Waals surface area (Å²) >= 11 is 0. The van der Waals surface area contributed by atoms with E-state index in [4.69, 9.17) is 15.2 Å². The minimum absolute atomic E-state index is 0.260. The smallest absolute Gasteiger partial charge is 0.150 e. The molecule has 0 saturated carbocycles. The van der Waals surface area contributed by atoms with Gasteiger partial charge in [0.25, 0.3) is 0 Å². The van der Waals surface area contributed by atoms with Gasteiger partial charge in [-0.05, 0) is 30.2 Å². The third-order valence-corrected chi connectivity index (χ3v) is 3.34. The number of benzene rings is 1. The fourth-order valence-electron chi connectivity index (χ4n) is 2.38. The van der Waals surface area contributed by atoms with Crippen LogP contribution < -0.4 is 5.73 Å². The maximum absolute atomic E-state index is 6.02. The molecular weight excluding hydrogens is 266 g/mol. The molecule has 3 rings (SSSR count). The van der Waals surface area contributed by atoms with Gasteiger partial charge in [0.2, 0.25) is 0 Å². The molecule has 2 heterocycles. The molecule has 0 bridgehead atoms. The third-order valence-electron chi connectivity index (χ3n) is 3.34. The van der Waals surface area contributed by atoms with Crippen molar-refractivity contribution < 1.29 is 9.47 Å². The van der Waals surface area contributed by atoms with Crippen LogP contribution in [0.2, 0.25) is 0 Å². The molecule has 108 valence electrons. The van der Waals surface area contributed by atoms with E-state index in [1.807, 2.05) is 19.1 Å². The molecule has 0 unspecified atom stereocenters. The van der Waals surface area contributed by atoms with E-state index in [1.54, 1.807) is 13.3 Å². The van der Waals surface area contributed by atoms with Crippen LogP contribution in [-0.2, 0) is 16.1 Å². The van der Waals surface area contributed by atoms with Gasteiger partial charge in [0, 0.05) is 24.1 Å². The van der Waals surface area contributed by atoms with Crippen LogP contribution in [0.15, 0.2) is 30.5 Å². The lowest BCUT2D eigenvalue weighted by molar-refractivity contribution is -0.0391. The van der Waals surface area contributed by atoms with Crippen LogP contribution in [0.25, 0.3) is 21.8 Å². The first-order chi connectivity index (χ1) is 10.2. The van der Waals surface area contributed by atoms with Gasteiger partial charge >= 0.3 is 0 Å². The summed E-state index contributed by atoms with van der Waals surface area (Å²) in [5.74, 6) is 0.451. The summed E-state index contributed by atoms with van der Waals surface area (Å²) in [6.45, 7) is 2.75. The predicted octanol–water partition coefficient (Wildman–Crippen LogP) is 2.79. The molecule has 5 heteroatoms. The second-order valence-electron chi connectivity index (χ2n) is 5.01. The van der Waals surface area contributed by atoms with Crippen LogP contribution in [0, 0.1) is 6.92 Å². The number of pyridine rings is 2. The van der Waals surface area contributed by atoms with Crippen LogP contribution in [0.4, 0.5) is 5.82 Å². The van der Waals surface area contributed by atoms with Crippen molar-refractivity contribution in [3.63, 3.8) is 0 Å². The zero-order valence-electron chi connectivity index (χ0n) is 12.1. The van der Waals surface area contributed by atoms with Crippen molar-refractivity contribution in [3.8, 4) is 0 Å². The SMILES string of the molecule is COCOCc1cnc2c(N)nc3cc(C)ccc3c2c1. The summed E-state index contributed by atoms with van der Waals surface area (Å²) in [5.41, 5.74) is 9.76. The summed E-state index contributed by atoms with van der Waals surface area (Å²) in [6, 6.07) is 8.20. The standard InChI is InChI=1S/C16H17N3O2/c1-10-3-4-12-13-6-11(8-21-9-20-2)7-18-15(13)16(17)19-14(12)5-10/h3-7H,8-9H2,1-2H3,(H2,17,19). The highest BCUT2D eigenvalue weighted by atomic mass is 16.7. The highest BCUT2D eigenvalue weighted by Crippen LogP contribution is 2.27. The Labute approximate surface area is 122 Å². The lowest BCUT2D eigenvalue weighted by Crippen LogP contribution is -2.00. The molecule has 0 aliphatic rings. The molecular formula is C16H17N3O2. The highest BCUT2D eigenvalue weighted by Gasteiger charge is 2.08. The zero-order chi connectivity index (χ0) is 14.8. The van der Waals surface area contributed by atoms with Gasteiger partial charge in [-0.3, -0.25) is 4.98 Å². The molecule has 21 heavy (non-hydrogen) atoms. The van der Waals surface area contributed by atoms with Crippen molar-refractivity contribution in [3.05, 3.63) is 41.6 Å². The van der Waals surface area contributed by atoms with Crippen LogP contribution >= 0.6 is 0 Å². The zero-order valence-corrected chi connectivity index (χ0v) is 12.1. The molecule has 0 aliphatic heterocycles. The Kier molecular flexibility index (Phi) is 3.68. The number of nitrogen functional groups attached to an aromatic ring is 1. The number of methoxy groups -OCH3 is 1. The van der Waals surface area contributed by atoms with Gasteiger partial charge in [-0.1, -0.05) is 12.1 Å². The van der Waals surface area contributed by atoms with Crippen LogP contribution in [-0.4, -0.2) is 23.9 Å². The molecule has 0 atom stereocenters. The molecule has 0 radical (unpaired) electrons. The van der Waals surface area contributed by atoms with Gasteiger partial charge in [-0.25, -0.2) is 4.98 Å². The second-order valence-corrected chi connectivity index (χ2v) is 5.01. The van der Waals surface area contributed by atoms with Gasteiger partial charge in [0.05, 0.1) is 12.1 Å². The quantitative estimate of drug-likeness (QED) is 0.453. The van der Waals surface area contributed by atoms with E-state index < -0.39 is 0 Å². The van der Waals surface area contributed by atoms with Gasteiger partial charge in [-0.2, -0.15) is 0 Å². The van der Waals surface area contributed by atoms with Gasteiger partial charge in [0.1, 0.15) is 12.3 Å². The molecule has 3 aromatic rings. The topological polar surface area (TPSA) is 70.3 Å². The van der Waals surface area contributed by atoms with E-state index in [9.17, 15) is 0 Å². The number of hydrogen-bond acceptors (Lipinski definition) is 5. The second kappa shape index (κ2) is 5.63. The summed E-state index contributed by atoms with van der Waals surface area (Å²) < 4.78 is 10.3. The van der Waals surface area contributed by atoms with E-state index in [-0.39, 0.29) is 6.79 Å². The molecule has 5 nitrogen and oxygen atoms in total. The first kappa shape index (κ1) is 13.7. The van der Waals surface area contributed by atoms with Crippen molar-refractivity contribution >= 4 is 27.6 Å². The molecule has 0 fully saturated rings. The number of aromatic nitrogens is 2. The first-order valence-electron chi connectivity index (χ1n) is 6.70. The number of aryl methyl sites for hydroxylation is 1. The minimum Gasteiger partial charge on any atom is -0.382 e. The molecule has 2 N–H and O–H groups in total. The van der Waals surface area contributed by atoms with Gasteiger partial charge < -0.3 is 15.2 Å². The molecule has 0 saturated heterocycles. The Morgan fingerprint density at radius 3 is 2.86 bits per heavy atom. The fourth-order valence-corrected chi connectivity index (χ4v) is 2.38. The molecule has 2 aromatic heterocycles. The van der Waals surface area contributed by atoms with Crippen molar-refractivity contribution in [2.45, 2.75) is 13.5 Å². The molecule has 0 aliphatic carbocycles. The number of anilines is 1. The first-order valence-corrected chi connectivity index (χ1v) is 6.70. The number of fused-ring (bicyclic) bond motifs is 3. The normalized spacial score (nSPS) is 11.3. The summed E-state index contributed by atoms with van der Waals surface area (Å²) in [7, 11) is 1.60. The Balaban J connectivity index is 2.15. The van der Waals surface area contributed by atoms with Crippen LogP contribution in [0.1, 0.15) is 11.1 Å². The minimum atomic E-state index is 0.260. The van der Waals surface area contributed by atoms with E-state index >= 15 is 0 Å². The summed E-state index contributed by atoms with van der Waals surface area (Å²) in [4.78, 5) is 8.86. The summed E-state index contributed by atoms with van der Waals surface area (Å²) in [6.07, 6.45) is 1.76. The monoisotopic (exact) mass is 283 g/mol. The molecule has 0 spiro atoms. The number of rotatable bonds is 4. The van der Waals surface area contributed by atoms with Crippen LogP contribution in [0.5, 0.6) is 0 Å². The maximum Gasteiger partial charge on any atom is 0.150 e. The predicted molar refractivity (Wildman–Crippen MR) is 82.9 cm³/mol. The Bertz CT molecular complexity index is 802. The Morgan fingerprint density at radius 2 is 2.05 bits per heavy atom. The van der Waals surface area contributed by atoms with Crippen molar-refractivity contribution in [2.24, 2.45) is 0 Å². The average molecular weight is 283 g/mol. The highest BCUT2D eigenvalue weighted by molar-refractivity contribution is 6.08. The molecule has 1 aromatic carbocycles. The Hall–Kier alpha value is -2.24. The molecule has 0 amide bonds. The maximum atomic E-state index is 6.02. The van der Waals surface area contributed by atoms with Crippen molar-refractivity contribution in [2.75, 3.05) is 19.6 Å². The lowest BCUT2D eigenvalue weighted by atomic mass is 10.1. The van der Waals surface area contributed by atoms with E-state index in [2.05, 4.69) is 22.1 Å². The third kappa shape index (κ3) is 2.66. The van der Waals surface area contributed by atoms with Crippen molar-refractivity contribution in [1.82, 2.24) is 9.97 Å². The average Bonchev–Trinajstić information content (AvgIpc) is 2.47.